The van der Waals surface area contributed by atoms with Crippen LogP contribution >= 0.6 is 17.1 Å². The number of rotatable bonds is 3. The average molecular weight is 214 g/mol. The Labute approximate surface area is 75.1 Å². The summed E-state index contributed by atoms with van der Waals surface area (Å²) in [6, 6.07) is 0. The van der Waals surface area contributed by atoms with Gasteiger partial charge in [0.25, 0.3) is 0 Å². The predicted octanol–water partition coefficient (Wildman–Crippen LogP) is 1.11. The second kappa shape index (κ2) is 4.21. The molecule has 1 heterocycles. The van der Waals surface area contributed by atoms with Crippen LogP contribution in [0.2, 0.25) is 0 Å². The fourth-order valence-corrected chi connectivity index (χ4v) is 3.21. The lowest BCUT2D eigenvalue weighted by molar-refractivity contribution is 0.129. The van der Waals surface area contributed by atoms with Gasteiger partial charge in [-0.1, -0.05) is 11.4 Å². The van der Waals surface area contributed by atoms with E-state index in [0.717, 1.165) is 30.8 Å². The Balaban J connectivity index is 2.16. The highest BCUT2D eigenvalue weighted by molar-refractivity contribution is 8.67. The van der Waals surface area contributed by atoms with Gasteiger partial charge in [0.1, 0.15) is 0 Å². The van der Waals surface area contributed by atoms with Crippen molar-refractivity contribution in [3.05, 3.63) is 0 Å². The van der Waals surface area contributed by atoms with Crippen LogP contribution in [-0.4, -0.2) is 28.3 Å². The molecule has 0 aromatic rings. The second-order valence-electron chi connectivity index (χ2n) is 2.42. The molecule has 0 aromatic heterocycles. The summed E-state index contributed by atoms with van der Waals surface area (Å²) in [5, 5.41) is 0. The standard InChI is InChI=1S/C5H11O3PS2/c6-9(7,10)11-4-5-2-1-3-8-5/h5H,1-4H2,(H2,6,7,10). The molecule has 1 rings (SSSR count). The molecule has 6 heteroatoms. The Morgan fingerprint density at radius 3 is 2.82 bits per heavy atom. The predicted molar refractivity (Wildman–Crippen MR) is 50.2 cm³/mol. The molecular weight excluding hydrogens is 203 g/mol. The van der Waals surface area contributed by atoms with E-state index in [1.165, 1.54) is 0 Å². The van der Waals surface area contributed by atoms with Crippen molar-refractivity contribution in [3.63, 3.8) is 0 Å². The molecule has 1 fully saturated rings. The second-order valence-corrected chi connectivity index (χ2v) is 8.52. The molecule has 0 radical (unpaired) electrons. The van der Waals surface area contributed by atoms with Crippen LogP contribution in [0, 0.1) is 0 Å². The zero-order valence-electron chi connectivity index (χ0n) is 5.97. The normalized spacial score (nSPS) is 25.8. The van der Waals surface area contributed by atoms with Gasteiger partial charge in [0.2, 0.25) is 5.69 Å². The summed E-state index contributed by atoms with van der Waals surface area (Å²) in [5.41, 5.74) is -3.05. The third-order valence-corrected chi connectivity index (χ3v) is 4.71. The van der Waals surface area contributed by atoms with Crippen LogP contribution in [0.3, 0.4) is 0 Å². The van der Waals surface area contributed by atoms with E-state index in [9.17, 15) is 0 Å². The Morgan fingerprint density at radius 2 is 2.36 bits per heavy atom. The van der Waals surface area contributed by atoms with E-state index < -0.39 is 5.69 Å². The largest absolute Gasteiger partial charge is 0.377 e. The molecule has 0 spiro atoms. The first-order valence-corrected chi connectivity index (χ1v) is 7.69. The highest BCUT2D eigenvalue weighted by Crippen LogP contribution is 2.51. The van der Waals surface area contributed by atoms with Crippen molar-refractivity contribution in [1.29, 1.82) is 0 Å². The highest BCUT2D eigenvalue weighted by Gasteiger charge is 2.18. The smallest absolute Gasteiger partial charge is 0.242 e. The maximum atomic E-state index is 8.87. The molecule has 0 aromatic carbocycles. The van der Waals surface area contributed by atoms with Crippen LogP contribution in [0.1, 0.15) is 12.8 Å². The van der Waals surface area contributed by atoms with Crippen molar-refractivity contribution in [2.24, 2.45) is 0 Å². The van der Waals surface area contributed by atoms with Crippen LogP contribution < -0.4 is 0 Å². The summed E-state index contributed by atoms with van der Waals surface area (Å²) in [6.07, 6.45) is 2.27. The van der Waals surface area contributed by atoms with Gasteiger partial charge in [-0.2, -0.15) is 0 Å². The van der Waals surface area contributed by atoms with Crippen LogP contribution in [0.5, 0.6) is 0 Å². The molecule has 1 saturated heterocycles. The lowest BCUT2D eigenvalue weighted by Crippen LogP contribution is -2.07. The molecule has 66 valence electrons. The lowest BCUT2D eigenvalue weighted by atomic mass is 10.3. The molecule has 11 heavy (non-hydrogen) atoms. The number of ether oxygens (including phenoxy) is 1. The molecule has 2 N–H and O–H groups in total. The Bertz CT molecular complexity index is 163. The maximum absolute atomic E-state index is 8.87. The van der Waals surface area contributed by atoms with Gasteiger partial charge < -0.3 is 14.5 Å². The summed E-state index contributed by atoms with van der Waals surface area (Å²) >= 11 is 5.49. The molecule has 1 unspecified atom stereocenters. The minimum atomic E-state index is -3.05. The average Bonchev–Trinajstić information content (AvgIpc) is 2.32. The monoisotopic (exact) mass is 214 g/mol. The third-order valence-electron chi connectivity index (χ3n) is 1.45. The SMILES string of the molecule is OP(O)(=S)SCC1CCCO1. The first kappa shape index (κ1) is 9.96. The van der Waals surface area contributed by atoms with Gasteiger partial charge in [-0.25, -0.2) is 0 Å². The van der Waals surface area contributed by atoms with Gasteiger partial charge >= 0.3 is 0 Å². The topological polar surface area (TPSA) is 49.7 Å². The minimum Gasteiger partial charge on any atom is -0.377 e. The van der Waals surface area contributed by atoms with Gasteiger partial charge in [0.05, 0.1) is 6.10 Å². The third kappa shape index (κ3) is 4.45. The van der Waals surface area contributed by atoms with Crippen molar-refractivity contribution < 1.29 is 14.5 Å². The van der Waals surface area contributed by atoms with Crippen LogP contribution in [-0.2, 0) is 16.5 Å². The molecule has 0 amide bonds. The van der Waals surface area contributed by atoms with E-state index in [2.05, 4.69) is 11.8 Å². The summed E-state index contributed by atoms with van der Waals surface area (Å²) in [5.74, 6) is 0.615. The molecule has 0 bridgehead atoms. The molecule has 0 aliphatic carbocycles. The van der Waals surface area contributed by atoms with Crippen LogP contribution in [0.4, 0.5) is 0 Å². The van der Waals surface area contributed by atoms with E-state index in [-0.39, 0.29) is 6.10 Å². The van der Waals surface area contributed by atoms with Crippen molar-refractivity contribution >= 4 is 28.9 Å². The quantitative estimate of drug-likeness (QED) is 0.689. The Kier molecular flexibility index (Phi) is 3.81. The van der Waals surface area contributed by atoms with Crippen LogP contribution in [0.25, 0.3) is 0 Å². The summed E-state index contributed by atoms with van der Waals surface area (Å²) in [6.45, 7) is 0.797. The molecule has 1 aliphatic rings. The first-order chi connectivity index (χ1) is 5.08. The van der Waals surface area contributed by atoms with Gasteiger partial charge in [-0.15, -0.1) is 0 Å². The van der Waals surface area contributed by atoms with Gasteiger partial charge in [-0.3, -0.25) is 0 Å². The zero-order chi connectivity index (χ0) is 8.32. The molecular formula is C5H11O3PS2. The van der Waals surface area contributed by atoms with Crippen molar-refractivity contribution in [2.45, 2.75) is 18.9 Å². The fraction of sp³-hybridized carbons (Fsp3) is 1.00. The van der Waals surface area contributed by atoms with E-state index >= 15 is 0 Å². The number of hydrogen-bond donors (Lipinski definition) is 2. The van der Waals surface area contributed by atoms with Crippen molar-refractivity contribution in [3.8, 4) is 0 Å². The first-order valence-electron chi connectivity index (χ1n) is 3.39. The van der Waals surface area contributed by atoms with Crippen LogP contribution in [0.15, 0.2) is 0 Å². The van der Waals surface area contributed by atoms with E-state index in [4.69, 9.17) is 14.5 Å². The maximum Gasteiger partial charge on any atom is 0.242 e. The van der Waals surface area contributed by atoms with Gasteiger partial charge in [0, 0.05) is 12.4 Å². The van der Waals surface area contributed by atoms with E-state index in [1.54, 1.807) is 0 Å². The van der Waals surface area contributed by atoms with Gasteiger partial charge in [-0.05, 0) is 24.6 Å². The lowest BCUT2D eigenvalue weighted by Gasteiger charge is -2.10. The zero-order valence-corrected chi connectivity index (χ0v) is 8.50. The highest BCUT2D eigenvalue weighted by atomic mass is 32.9. The summed E-state index contributed by atoms with van der Waals surface area (Å²) in [7, 11) is 0. The molecule has 0 saturated carbocycles. The Morgan fingerprint density at radius 1 is 1.64 bits per heavy atom. The van der Waals surface area contributed by atoms with Gasteiger partial charge in [0.15, 0.2) is 0 Å². The van der Waals surface area contributed by atoms with Crippen molar-refractivity contribution in [2.75, 3.05) is 12.4 Å². The fourth-order valence-electron chi connectivity index (χ4n) is 0.956. The summed E-state index contributed by atoms with van der Waals surface area (Å²) < 4.78 is 5.28. The van der Waals surface area contributed by atoms with E-state index in [1.807, 2.05) is 0 Å². The van der Waals surface area contributed by atoms with Crippen molar-refractivity contribution in [1.82, 2.24) is 0 Å². The van der Waals surface area contributed by atoms with E-state index in [0.29, 0.717) is 5.75 Å². The minimum absolute atomic E-state index is 0.182. The summed E-state index contributed by atoms with van der Waals surface area (Å²) in [4.78, 5) is 17.7. The Hall–Kier alpha value is 0.880. The number of hydrogen-bond acceptors (Lipinski definition) is 3. The molecule has 1 aliphatic heterocycles. The molecule has 3 nitrogen and oxygen atoms in total. The molecule has 1 atom stereocenters.